The molecule has 1 unspecified atom stereocenters. The maximum absolute atomic E-state index is 12.9. The summed E-state index contributed by atoms with van der Waals surface area (Å²) in [6, 6.07) is 6.89. The lowest BCUT2D eigenvalue weighted by atomic mass is 9.82. The maximum atomic E-state index is 12.9. The highest BCUT2D eigenvalue weighted by Crippen LogP contribution is 2.25. The molecule has 0 radical (unpaired) electrons. The molecule has 1 aromatic rings. The van der Waals surface area contributed by atoms with Crippen LogP contribution in [0.4, 0.5) is 4.39 Å². The maximum Gasteiger partial charge on any atom is 0.123 e. The van der Waals surface area contributed by atoms with E-state index < -0.39 is 0 Å². The summed E-state index contributed by atoms with van der Waals surface area (Å²) in [7, 11) is 2.13. The number of hydrogen-bond donors (Lipinski definition) is 1. The van der Waals surface area contributed by atoms with Crippen molar-refractivity contribution in [3.63, 3.8) is 0 Å². The molecule has 2 rings (SSSR count). The predicted molar refractivity (Wildman–Crippen MR) is 64.1 cm³/mol. The molecule has 1 atom stereocenters. The van der Waals surface area contributed by atoms with Gasteiger partial charge in [0.2, 0.25) is 0 Å². The summed E-state index contributed by atoms with van der Waals surface area (Å²) in [4.78, 5) is 2.32. The second-order valence-corrected chi connectivity index (χ2v) is 4.98. The van der Waals surface area contributed by atoms with E-state index in [9.17, 15) is 4.39 Å². The summed E-state index contributed by atoms with van der Waals surface area (Å²) in [5.41, 5.74) is 1.27. The molecular weight excluding hydrogens is 203 g/mol. The van der Waals surface area contributed by atoms with Crippen LogP contribution in [0.15, 0.2) is 24.3 Å². The van der Waals surface area contributed by atoms with Crippen molar-refractivity contribution in [1.29, 1.82) is 0 Å². The first kappa shape index (κ1) is 11.6. The molecule has 0 amide bonds. The van der Waals surface area contributed by atoms with Gasteiger partial charge in [-0.2, -0.15) is 0 Å². The normalized spacial score (nSPS) is 27.7. The van der Waals surface area contributed by atoms with Crippen molar-refractivity contribution in [3.8, 4) is 0 Å². The van der Waals surface area contributed by atoms with E-state index in [1.54, 1.807) is 12.1 Å². The highest BCUT2D eigenvalue weighted by Gasteiger charge is 2.29. The number of likely N-dealkylation sites (N-methyl/N-ethyl adjacent to an activating group) is 1. The molecule has 0 spiro atoms. The molecule has 0 aromatic heterocycles. The molecule has 88 valence electrons. The average molecular weight is 222 g/mol. The molecule has 1 N–H and O–H groups in total. The van der Waals surface area contributed by atoms with Crippen molar-refractivity contribution >= 4 is 0 Å². The van der Waals surface area contributed by atoms with Crippen LogP contribution in [-0.4, -0.2) is 38.1 Å². The largest absolute Gasteiger partial charge is 0.315 e. The van der Waals surface area contributed by atoms with Gasteiger partial charge in [-0.1, -0.05) is 19.1 Å². The Hall–Kier alpha value is -0.930. The fourth-order valence-electron chi connectivity index (χ4n) is 2.41. The number of benzene rings is 1. The van der Waals surface area contributed by atoms with Crippen molar-refractivity contribution in [2.75, 3.05) is 33.2 Å². The highest BCUT2D eigenvalue weighted by atomic mass is 19.1. The summed E-state index contributed by atoms with van der Waals surface area (Å²) in [6.45, 7) is 6.27. The minimum absolute atomic E-state index is 0.0684. The van der Waals surface area contributed by atoms with Gasteiger partial charge < -0.3 is 10.2 Å². The Kier molecular flexibility index (Phi) is 3.26. The molecule has 16 heavy (non-hydrogen) atoms. The zero-order chi connectivity index (χ0) is 11.6. The van der Waals surface area contributed by atoms with Gasteiger partial charge in [-0.25, -0.2) is 4.39 Å². The summed E-state index contributed by atoms with van der Waals surface area (Å²) < 4.78 is 12.9. The number of hydrogen-bond acceptors (Lipinski definition) is 2. The summed E-state index contributed by atoms with van der Waals surface area (Å²) in [5, 5.41) is 3.45. The van der Waals surface area contributed by atoms with E-state index in [2.05, 4.69) is 24.2 Å². The van der Waals surface area contributed by atoms with Crippen molar-refractivity contribution in [1.82, 2.24) is 10.2 Å². The third-order valence-electron chi connectivity index (χ3n) is 3.35. The van der Waals surface area contributed by atoms with E-state index in [-0.39, 0.29) is 11.2 Å². The monoisotopic (exact) mass is 222 g/mol. The predicted octanol–water partition coefficient (Wildman–Crippen LogP) is 1.62. The number of nitrogens with one attached hydrogen (secondary N) is 1. The zero-order valence-electron chi connectivity index (χ0n) is 9.96. The first-order valence-corrected chi connectivity index (χ1v) is 5.75. The molecule has 3 heteroatoms. The van der Waals surface area contributed by atoms with E-state index in [0.717, 1.165) is 26.2 Å². The SMILES string of the molecule is CN1CCNCC(C)(c2ccc(F)cc2)C1. The third-order valence-corrected chi connectivity index (χ3v) is 3.35. The van der Waals surface area contributed by atoms with Gasteiger partial charge in [0.25, 0.3) is 0 Å². The van der Waals surface area contributed by atoms with Crippen molar-refractivity contribution in [2.45, 2.75) is 12.3 Å². The molecule has 0 saturated carbocycles. The number of rotatable bonds is 1. The number of nitrogens with zero attached hydrogens (tertiary/aromatic N) is 1. The molecule has 1 heterocycles. The second kappa shape index (κ2) is 4.52. The minimum Gasteiger partial charge on any atom is -0.315 e. The van der Waals surface area contributed by atoms with Crippen LogP contribution in [0.2, 0.25) is 0 Å². The Labute approximate surface area is 96.5 Å². The van der Waals surface area contributed by atoms with Crippen LogP contribution in [-0.2, 0) is 5.41 Å². The van der Waals surface area contributed by atoms with Crippen LogP contribution in [0.1, 0.15) is 12.5 Å². The Morgan fingerprint density at radius 1 is 1.31 bits per heavy atom. The van der Waals surface area contributed by atoms with Gasteiger partial charge in [-0.05, 0) is 24.7 Å². The summed E-state index contributed by atoms with van der Waals surface area (Å²) in [6.07, 6.45) is 0. The van der Waals surface area contributed by atoms with E-state index >= 15 is 0 Å². The van der Waals surface area contributed by atoms with Crippen LogP contribution >= 0.6 is 0 Å². The van der Waals surface area contributed by atoms with Crippen LogP contribution in [0.5, 0.6) is 0 Å². The van der Waals surface area contributed by atoms with Gasteiger partial charge in [0, 0.05) is 31.6 Å². The lowest BCUT2D eigenvalue weighted by Crippen LogP contribution is -2.39. The van der Waals surface area contributed by atoms with Crippen LogP contribution in [0.25, 0.3) is 0 Å². The zero-order valence-corrected chi connectivity index (χ0v) is 9.96. The molecule has 2 nitrogen and oxygen atoms in total. The van der Waals surface area contributed by atoms with Crippen LogP contribution < -0.4 is 5.32 Å². The highest BCUT2D eigenvalue weighted by molar-refractivity contribution is 5.26. The molecule has 0 aliphatic carbocycles. The molecule has 0 bridgehead atoms. The number of halogens is 1. The molecule has 1 aliphatic heterocycles. The van der Waals surface area contributed by atoms with E-state index in [4.69, 9.17) is 0 Å². The minimum atomic E-state index is -0.165. The van der Waals surface area contributed by atoms with E-state index in [1.165, 1.54) is 5.56 Å². The lowest BCUT2D eigenvalue weighted by Gasteiger charge is -2.31. The van der Waals surface area contributed by atoms with Gasteiger partial charge in [-0.3, -0.25) is 0 Å². The topological polar surface area (TPSA) is 15.3 Å². The first-order chi connectivity index (χ1) is 7.60. The summed E-state index contributed by atoms with van der Waals surface area (Å²) in [5.74, 6) is -0.165. The van der Waals surface area contributed by atoms with Gasteiger partial charge in [-0.15, -0.1) is 0 Å². The molecule has 1 fully saturated rings. The molecule has 1 saturated heterocycles. The Morgan fingerprint density at radius 2 is 2.00 bits per heavy atom. The Morgan fingerprint density at radius 3 is 2.69 bits per heavy atom. The van der Waals surface area contributed by atoms with Crippen molar-refractivity contribution in [2.24, 2.45) is 0 Å². The third kappa shape index (κ3) is 2.42. The van der Waals surface area contributed by atoms with E-state index in [0.29, 0.717) is 0 Å². The standard InChI is InChI=1S/C13H19FN2/c1-13(9-15-7-8-16(2)10-13)11-3-5-12(14)6-4-11/h3-6,15H,7-10H2,1-2H3. The van der Waals surface area contributed by atoms with Gasteiger partial charge in [0.05, 0.1) is 0 Å². The lowest BCUT2D eigenvalue weighted by molar-refractivity contribution is 0.290. The fraction of sp³-hybridized carbons (Fsp3) is 0.538. The van der Waals surface area contributed by atoms with Crippen molar-refractivity contribution in [3.05, 3.63) is 35.6 Å². The van der Waals surface area contributed by atoms with Crippen LogP contribution in [0.3, 0.4) is 0 Å². The molecular formula is C13H19FN2. The Balaban J connectivity index is 2.25. The smallest absolute Gasteiger partial charge is 0.123 e. The first-order valence-electron chi connectivity index (χ1n) is 5.75. The fourth-order valence-corrected chi connectivity index (χ4v) is 2.41. The van der Waals surface area contributed by atoms with Gasteiger partial charge in [0.1, 0.15) is 5.82 Å². The molecule has 1 aliphatic rings. The van der Waals surface area contributed by atoms with E-state index in [1.807, 2.05) is 12.1 Å². The Bertz CT molecular complexity index is 349. The van der Waals surface area contributed by atoms with Gasteiger partial charge in [0.15, 0.2) is 0 Å². The summed E-state index contributed by atoms with van der Waals surface area (Å²) >= 11 is 0. The molecule has 1 aromatic carbocycles. The van der Waals surface area contributed by atoms with Crippen molar-refractivity contribution < 1.29 is 4.39 Å². The van der Waals surface area contributed by atoms with Crippen LogP contribution in [0, 0.1) is 5.82 Å². The van der Waals surface area contributed by atoms with Gasteiger partial charge >= 0.3 is 0 Å². The average Bonchev–Trinajstić information content (AvgIpc) is 2.41. The quantitative estimate of drug-likeness (QED) is 0.776. The second-order valence-electron chi connectivity index (χ2n) is 4.98.